The first kappa shape index (κ1) is 23.8. The number of aliphatic carboxylic acids is 2. The lowest BCUT2D eigenvalue weighted by Crippen LogP contribution is -2.55. The molecule has 1 amide bonds. The second-order valence-corrected chi connectivity index (χ2v) is 8.25. The lowest BCUT2D eigenvalue weighted by Gasteiger charge is -2.35. The van der Waals surface area contributed by atoms with Gasteiger partial charge in [-0.3, -0.25) is 14.9 Å². The van der Waals surface area contributed by atoms with Crippen LogP contribution >= 0.6 is 0 Å². The minimum Gasteiger partial charge on any atom is -0.480 e. The number of nitrogens with one attached hydrogen (secondary N) is 1. The maximum atomic E-state index is 13.2. The number of carbonyl (C=O) groups is 3. The number of carboxylic acids is 2. The van der Waals surface area contributed by atoms with Gasteiger partial charge in [-0.25, -0.2) is 4.79 Å². The topological polar surface area (TPSA) is 138 Å². The number of hydrogen-bond donors (Lipinski definition) is 3. The van der Waals surface area contributed by atoms with E-state index in [9.17, 15) is 24.6 Å². The van der Waals surface area contributed by atoms with Crippen LogP contribution in [-0.4, -0.2) is 62.6 Å². The van der Waals surface area contributed by atoms with Gasteiger partial charge in [-0.15, -0.1) is 0 Å². The Labute approximate surface area is 176 Å². The molecule has 5 N–H and O–H groups in total. The molecule has 1 saturated heterocycles. The third-order valence-electron chi connectivity index (χ3n) is 6.31. The van der Waals surface area contributed by atoms with E-state index in [0.717, 1.165) is 31.2 Å². The monoisotopic (exact) mass is 420 g/mol. The molecule has 0 radical (unpaired) electrons. The summed E-state index contributed by atoms with van der Waals surface area (Å²) in [6, 6.07) is 7.12. The Kier molecular flexibility index (Phi) is 8.37. The molecule has 0 unspecified atom stereocenters. The summed E-state index contributed by atoms with van der Waals surface area (Å²) in [6.07, 6.45) is 5.27. The minimum atomic E-state index is -1.01. The molecule has 8 nitrogen and oxygen atoms in total. The highest BCUT2D eigenvalue weighted by molar-refractivity contribution is 5.88. The molecule has 3 rings (SSSR count). The predicted octanol–water partition coefficient (Wildman–Crippen LogP) is 1.47. The predicted molar refractivity (Wildman–Crippen MR) is 111 cm³/mol. The normalized spacial score (nSPS) is 25.0. The van der Waals surface area contributed by atoms with Gasteiger partial charge in [-0.05, 0) is 50.5 Å². The van der Waals surface area contributed by atoms with Crippen LogP contribution in [0.25, 0.3) is 0 Å². The number of benzene rings is 1. The number of nitrogens with zero attached hydrogens (tertiary/aromatic N) is 1. The van der Waals surface area contributed by atoms with Gasteiger partial charge in [-0.1, -0.05) is 43.2 Å². The lowest BCUT2D eigenvalue weighted by molar-refractivity contribution is -0.151. The van der Waals surface area contributed by atoms with E-state index in [4.69, 9.17) is 0 Å². The SMILES string of the molecule is C[C@H](N[C@@H](CCc1ccccc1)C(=O)O)C(=O)N1[C@@H](C(=O)O)C[C@@H]2CCCC[C@@H]21.O. The van der Waals surface area contributed by atoms with Crippen molar-refractivity contribution in [2.45, 2.75) is 76.0 Å². The highest BCUT2D eigenvalue weighted by atomic mass is 16.4. The molecule has 1 aromatic rings. The molecule has 1 heterocycles. The smallest absolute Gasteiger partial charge is 0.326 e. The van der Waals surface area contributed by atoms with Crippen LogP contribution < -0.4 is 5.32 Å². The molecule has 1 aromatic carbocycles. The molecular weight excluding hydrogens is 388 g/mol. The van der Waals surface area contributed by atoms with Crippen molar-refractivity contribution in [3.63, 3.8) is 0 Å². The summed E-state index contributed by atoms with van der Waals surface area (Å²) in [7, 11) is 0. The Morgan fingerprint density at radius 2 is 1.80 bits per heavy atom. The fourth-order valence-electron chi connectivity index (χ4n) is 4.83. The van der Waals surface area contributed by atoms with Crippen molar-refractivity contribution in [3.05, 3.63) is 35.9 Å². The summed E-state index contributed by atoms with van der Waals surface area (Å²) in [4.78, 5) is 38.2. The zero-order valence-electron chi connectivity index (χ0n) is 17.3. The van der Waals surface area contributed by atoms with E-state index in [1.165, 1.54) is 4.90 Å². The van der Waals surface area contributed by atoms with Crippen LogP contribution in [-0.2, 0) is 20.8 Å². The number of rotatable bonds is 8. The first-order valence-corrected chi connectivity index (χ1v) is 10.5. The van der Waals surface area contributed by atoms with Gasteiger partial charge < -0.3 is 20.6 Å². The van der Waals surface area contributed by atoms with Crippen LogP contribution in [0.5, 0.6) is 0 Å². The Balaban J connectivity index is 0.00000320. The van der Waals surface area contributed by atoms with E-state index in [1.807, 2.05) is 30.3 Å². The molecule has 2 fully saturated rings. The van der Waals surface area contributed by atoms with Crippen molar-refractivity contribution in [1.29, 1.82) is 0 Å². The number of amides is 1. The average Bonchev–Trinajstić information content (AvgIpc) is 3.10. The largest absolute Gasteiger partial charge is 0.480 e. The van der Waals surface area contributed by atoms with Crippen molar-refractivity contribution < 1.29 is 30.1 Å². The number of carboxylic acid groups (broad SMARTS) is 2. The van der Waals surface area contributed by atoms with E-state index in [-0.39, 0.29) is 23.3 Å². The average molecular weight is 421 g/mol. The van der Waals surface area contributed by atoms with E-state index in [1.54, 1.807) is 6.92 Å². The van der Waals surface area contributed by atoms with Crippen LogP contribution in [0.15, 0.2) is 30.3 Å². The summed E-state index contributed by atoms with van der Waals surface area (Å²) in [5, 5.41) is 22.2. The van der Waals surface area contributed by atoms with Gasteiger partial charge in [0.05, 0.1) is 6.04 Å². The van der Waals surface area contributed by atoms with Crippen molar-refractivity contribution in [1.82, 2.24) is 10.2 Å². The van der Waals surface area contributed by atoms with Gasteiger partial charge in [0, 0.05) is 6.04 Å². The molecule has 5 atom stereocenters. The van der Waals surface area contributed by atoms with E-state index in [0.29, 0.717) is 19.3 Å². The van der Waals surface area contributed by atoms with Gasteiger partial charge in [0.2, 0.25) is 5.91 Å². The van der Waals surface area contributed by atoms with Crippen LogP contribution in [0.4, 0.5) is 0 Å². The molecule has 30 heavy (non-hydrogen) atoms. The molecule has 0 aromatic heterocycles. The summed E-state index contributed by atoms with van der Waals surface area (Å²) in [6.45, 7) is 1.63. The van der Waals surface area contributed by atoms with Crippen LogP contribution in [0.1, 0.15) is 51.0 Å². The maximum absolute atomic E-state index is 13.2. The maximum Gasteiger partial charge on any atom is 0.326 e. The Morgan fingerprint density at radius 1 is 1.13 bits per heavy atom. The highest BCUT2D eigenvalue weighted by Gasteiger charge is 2.48. The first-order chi connectivity index (χ1) is 13.9. The highest BCUT2D eigenvalue weighted by Crippen LogP contribution is 2.40. The molecular formula is C22H32N2O6. The molecule has 8 heteroatoms. The standard InChI is InChI=1S/C22H30N2O5.H2O/c1-14(23-17(21(26)27)12-11-15-7-3-2-4-8-15)20(25)24-18-10-6-5-9-16(18)13-19(24)22(28)29;/h2-4,7-8,14,16-19,23H,5-6,9-13H2,1H3,(H,26,27)(H,28,29);1H2/t14-,16-,17-,18-,19+;/m0./s1. The zero-order valence-corrected chi connectivity index (χ0v) is 17.3. The summed E-state index contributed by atoms with van der Waals surface area (Å²) in [5.41, 5.74) is 1.04. The molecule has 1 aliphatic carbocycles. The molecule has 166 valence electrons. The van der Waals surface area contributed by atoms with Crippen molar-refractivity contribution in [2.24, 2.45) is 5.92 Å². The van der Waals surface area contributed by atoms with E-state index in [2.05, 4.69) is 5.32 Å². The number of hydrogen-bond acceptors (Lipinski definition) is 4. The summed E-state index contributed by atoms with van der Waals surface area (Å²) >= 11 is 0. The number of fused-ring (bicyclic) bond motifs is 1. The van der Waals surface area contributed by atoms with Crippen molar-refractivity contribution in [3.8, 4) is 0 Å². The summed E-state index contributed by atoms with van der Waals surface area (Å²) < 4.78 is 0. The third-order valence-corrected chi connectivity index (χ3v) is 6.31. The Morgan fingerprint density at radius 3 is 2.43 bits per heavy atom. The Hall–Kier alpha value is -2.45. The molecule has 0 spiro atoms. The zero-order chi connectivity index (χ0) is 21.0. The fraction of sp³-hybridized carbons (Fsp3) is 0.591. The fourth-order valence-corrected chi connectivity index (χ4v) is 4.83. The van der Waals surface area contributed by atoms with Gasteiger partial charge >= 0.3 is 11.9 Å². The Bertz CT molecular complexity index is 740. The van der Waals surface area contributed by atoms with Gasteiger partial charge in [-0.2, -0.15) is 0 Å². The first-order valence-electron chi connectivity index (χ1n) is 10.5. The second-order valence-electron chi connectivity index (χ2n) is 8.25. The van der Waals surface area contributed by atoms with Gasteiger partial charge in [0.1, 0.15) is 12.1 Å². The number of aryl methyl sites for hydroxylation is 1. The van der Waals surface area contributed by atoms with Crippen LogP contribution in [0.3, 0.4) is 0 Å². The molecule has 1 saturated carbocycles. The third kappa shape index (κ3) is 5.37. The second kappa shape index (κ2) is 10.5. The minimum absolute atomic E-state index is 0. The van der Waals surface area contributed by atoms with Crippen molar-refractivity contribution in [2.75, 3.05) is 0 Å². The van der Waals surface area contributed by atoms with E-state index >= 15 is 0 Å². The molecule has 0 bridgehead atoms. The van der Waals surface area contributed by atoms with Crippen LogP contribution in [0.2, 0.25) is 0 Å². The lowest BCUT2D eigenvalue weighted by atomic mass is 9.84. The number of likely N-dealkylation sites (tertiary alicyclic amines) is 1. The van der Waals surface area contributed by atoms with E-state index < -0.39 is 30.1 Å². The van der Waals surface area contributed by atoms with Gasteiger partial charge in [0.25, 0.3) is 0 Å². The van der Waals surface area contributed by atoms with Crippen LogP contribution in [0, 0.1) is 5.92 Å². The molecule has 2 aliphatic rings. The quantitative estimate of drug-likeness (QED) is 0.582. The van der Waals surface area contributed by atoms with Crippen molar-refractivity contribution >= 4 is 17.8 Å². The molecule has 1 aliphatic heterocycles. The summed E-state index contributed by atoms with van der Waals surface area (Å²) in [5.74, 6) is -2.06. The number of carbonyl (C=O) groups excluding carboxylic acids is 1. The van der Waals surface area contributed by atoms with Gasteiger partial charge in [0.15, 0.2) is 0 Å².